The number of anilines is 1. The molecule has 3 heteroatoms. The van der Waals surface area contributed by atoms with Gasteiger partial charge in [-0.2, -0.15) is 0 Å². The molecule has 3 aromatic carbocycles. The second kappa shape index (κ2) is 8.95. The molecule has 148 valence electrons. The molecule has 0 amide bonds. The van der Waals surface area contributed by atoms with Crippen molar-refractivity contribution in [2.75, 3.05) is 5.32 Å². The number of nitrogens with one attached hydrogen (secondary N) is 1. The first-order valence-corrected chi connectivity index (χ1v) is 10.6. The summed E-state index contributed by atoms with van der Waals surface area (Å²) in [5.41, 5.74) is 8.48. The highest BCUT2D eigenvalue weighted by atomic mass is 15.0. The number of imidazole rings is 1. The van der Waals surface area contributed by atoms with E-state index in [9.17, 15) is 0 Å². The van der Waals surface area contributed by atoms with Crippen molar-refractivity contribution >= 4 is 16.7 Å². The van der Waals surface area contributed by atoms with Gasteiger partial charge in [-0.05, 0) is 72.4 Å². The van der Waals surface area contributed by atoms with Crippen molar-refractivity contribution in [1.29, 1.82) is 0 Å². The van der Waals surface area contributed by atoms with Gasteiger partial charge < -0.3 is 5.32 Å². The number of aryl methyl sites for hydroxylation is 2. The van der Waals surface area contributed by atoms with E-state index in [2.05, 4.69) is 95.4 Å². The minimum Gasteiger partial charge on any atom is -0.381 e. The van der Waals surface area contributed by atoms with E-state index in [-0.39, 0.29) is 0 Å². The third-order valence-electron chi connectivity index (χ3n) is 5.50. The number of unbranched alkanes of at least 4 members (excludes halogenated alkanes) is 1. The van der Waals surface area contributed by atoms with Gasteiger partial charge in [-0.1, -0.05) is 50.6 Å². The third kappa shape index (κ3) is 4.51. The SMILES string of the molecule is CCCCc1ccc(-n2cnc3cc(CNc4ccc(CC)cc4)ccc32)cc1. The molecule has 1 aromatic heterocycles. The highest BCUT2D eigenvalue weighted by Crippen LogP contribution is 2.21. The minimum atomic E-state index is 0.792. The van der Waals surface area contributed by atoms with Gasteiger partial charge in [0, 0.05) is 17.9 Å². The number of rotatable bonds is 8. The molecule has 0 atom stereocenters. The van der Waals surface area contributed by atoms with Crippen LogP contribution in [-0.2, 0) is 19.4 Å². The largest absolute Gasteiger partial charge is 0.381 e. The van der Waals surface area contributed by atoms with Crippen LogP contribution in [0, 0.1) is 0 Å². The summed E-state index contributed by atoms with van der Waals surface area (Å²) >= 11 is 0. The van der Waals surface area contributed by atoms with Crippen LogP contribution in [0.3, 0.4) is 0 Å². The van der Waals surface area contributed by atoms with E-state index >= 15 is 0 Å². The Balaban J connectivity index is 1.48. The smallest absolute Gasteiger partial charge is 0.100 e. The molecule has 0 aliphatic heterocycles. The fourth-order valence-electron chi connectivity index (χ4n) is 3.64. The van der Waals surface area contributed by atoms with E-state index in [4.69, 9.17) is 0 Å². The molecule has 0 saturated carbocycles. The minimum absolute atomic E-state index is 0.792. The summed E-state index contributed by atoms with van der Waals surface area (Å²) in [6.45, 7) is 5.20. The van der Waals surface area contributed by atoms with Crippen LogP contribution in [0.4, 0.5) is 5.69 Å². The van der Waals surface area contributed by atoms with E-state index in [0.29, 0.717) is 0 Å². The Kier molecular flexibility index (Phi) is 5.95. The van der Waals surface area contributed by atoms with Crippen LogP contribution in [0.5, 0.6) is 0 Å². The maximum Gasteiger partial charge on any atom is 0.100 e. The third-order valence-corrected chi connectivity index (χ3v) is 5.50. The summed E-state index contributed by atoms with van der Waals surface area (Å²) in [5, 5.41) is 3.50. The molecule has 0 aliphatic rings. The van der Waals surface area contributed by atoms with Crippen LogP contribution in [0.2, 0.25) is 0 Å². The number of benzene rings is 3. The van der Waals surface area contributed by atoms with Crippen molar-refractivity contribution in [3.8, 4) is 5.69 Å². The normalized spacial score (nSPS) is 11.1. The van der Waals surface area contributed by atoms with Crippen LogP contribution in [-0.4, -0.2) is 9.55 Å². The van der Waals surface area contributed by atoms with Crippen molar-refractivity contribution in [3.63, 3.8) is 0 Å². The molecule has 0 radical (unpaired) electrons. The molecule has 0 spiro atoms. The quantitative estimate of drug-likeness (QED) is 0.374. The Hall–Kier alpha value is -3.07. The first-order chi connectivity index (χ1) is 14.3. The molecular formula is C26H29N3. The highest BCUT2D eigenvalue weighted by molar-refractivity contribution is 5.78. The maximum atomic E-state index is 4.64. The molecule has 0 bridgehead atoms. The van der Waals surface area contributed by atoms with Crippen molar-refractivity contribution in [3.05, 3.63) is 89.7 Å². The van der Waals surface area contributed by atoms with Crippen LogP contribution >= 0.6 is 0 Å². The van der Waals surface area contributed by atoms with Crippen molar-refractivity contribution in [2.24, 2.45) is 0 Å². The van der Waals surface area contributed by atoms with E-state index < -0.39 is 0 Å². The van der Waals surface area contributed by atoms with Gasteiger partial charge in [0.05, 0.1) is 11.0 Å². The Labute approximate surface area is 173 Å². The van der Waals surface area contributed by atoms with Crippen molar-refractivity contribution in [1.82, 2.24) is 9.55 Å². The lowest BCUT2D eigenvalue weighted by Gasteiger charge is -2.09. The summed E-state index contributed by atoms with van der Waals surface area (Å²) in [6, 6.07) is 24.1. The topological polar surface area (TPSA) is 29.9 Å². The first-order valence-electron chi connectivity index (χ1n) is 10.6. The van der Waals surface area contributed by atoms with Crippen LogP contribution in [0.25, 0.3) is 16.7 Å². The van der Waals surface area contributed by atoms with Crippen LogP contribution < -0.4 is 5.32 Å². The average molecular weight is 384 g/mol. The summed E-state index contributed by atoms with van der Waals surface area (Å²) in [7, 11) is 0. The Morgan fingerprint density at radius 1 is 0.828 bits per heavy atom. The second-order valence-electron chi connectivity index (χ2n) is 7.61. The Bertz CT molecular complexity index is 1060. The van der Waals surface area contributed by atoms with Gasteiger partial charge in [0.1, 0.15) is 6.33 Å². The monoisotopic (exact) mass is 383 g/mol. The second-order valence-corrected chi connectivity index (χ2v) is 7.61. The van der Waals surface area contributed by atoms with Crippen LogP contribution in [0.15, 0.2) is 73.1 Å². The Morgan fingerprint density at radius 2 is 1.55 bits per heavy atom. The summed E-state index contributed by atoms with van der Waals surface area (Å²) in [6.07, 6.45) is 6.62. The number of fused-ring (bicyclic) bond motifs is 1. The van der Waals surface area contributed by atoms with Gasteiger partial charge in [-0.15, -0.1) is 0 Å². The molecule has 4 aromatic rings. The highest BCUT2D eigenvalue weighted by Gasteiger charge is 2.06. The summed E-state index contributed by atoms with van der Waals surface area (Å²) in [5.74, 6) is 0. The summed E-state index contributed by atoms with van der Waals surface area (Å²) < 4.78 is 2.17. The molecule has 0 fully saturated rings. The van der Waals surface area contributed by atoms with E-state index in [1.54, 1.807) is 0 Å². The van der Waals surface area contributed by atoms with Gasteiger partial charge in [-0.25, -0.2) is 4.98 Å². The van der Waals surface area contributed by atoms with Crippen molar-refractivity contribution < 1.29 is 0 Å². The number of nitrogens with zero attached hydrogens (tertiary/aromatic N) is 2. The van der Waals surface area contributed by atoms with Gasteiger partial charge >= 0.3 is 0 Å². The van der Waals surface area contributed by atoms with Gasteiger partial charge in [-0.3, -0.25) is 4.57 Å². The van der Waals surface area contributed by atoms with Gasteiger partial charge in [0.2, 0.25) is 0 Å². The zero-order valence-electron chi connectivity index (χ0n) is 17.4. The predicted octanol–water partition coefficient (Wildman–Crippen LogP) is 6.54. The molecule has 29 heavy (non-hydrogen) atoms. The zero-order valence-corrected chi connectivity index (χ0v) is 17.4. The maximum absolute atomic E-state index is 4.64. The van der Waals surface area contributed by atoms with E-state index in [1.807, 2.05) is 6.33 Å². The Morgan fingerprint density at radius 3 is 2.28 bits per heavy atom. The van der Waals surface area contributed by atoms with Crippen molar-refractivity contribution in [2.45, 2.75) is 46.1 Å². The van der Waals surface area contributed by atoms with E-state index in [1.165, 1.54) is 29.5 Å². The first kappa shape index (κ1) is 19.3. The van der Waals surface area contributed by atoms with Crippen LogP contribution in [0.1, 0.15) is 43.4 Å². The molecule has 4 rings (SSSR count). The van der Waals surface area contributed by atoms with E-state index in [0.717, 1.165) is 41.8 Å². The molecule has 1 heterocycles. The lowest BCUT2D eigenvalue weighted by atomic mass is 10.1. The number of hydrogen-bond donors (Lipinski definition) is 1. The van der Waals surface area contributed by atoms with Gasteiger partial charge in [0.25, 0.3) is 0 Å². The summed E-state index contributed by atoms with van der Waals surface area (Å²) in [4.78, 5) is 4.64. The molecular weight excluding hydrogens is 354 g/mol. The molecule has 0 saturated heterocycles. The zero-order chi connectivity index (χ0) is 20.1. The molecule has 3 nitrogen and oxygen atoms in total. The standard InChI is InChI=1S/C26H29N3/c1-3-5-6-21-9-14-24(15-10-21)29-19-28-25-17-22(11-16-26(25)29)18-27-23-12-7-20(4-2)8-13-23/h7-17,19,27H,3-6,18H2,1-2H3. The molecule has 0 aliphatic carbocycles. The lowest BCUT2D eigenvalue weighted by Crippen LogP contribution is -1.99. The molecule has 1 N–H and O–H groups in total. The predicted molar refractivity (Wildman–Crippen MR) is 123 cm³/mol. The average Bonchev–Trinajstić information content (AvgIpc) is 3.20. The van der Waals surface area contributed by atoms with Gasteiger partial charge in [0.15, 0.2) is 0 Å². The molecule has 0 unspecified atom stereocenters. The number of aromatic nitrogens is 2. The fraction of sp³-hybridized carbons (Fsp3) is 0.269. The number of hydrogen-bond acceptors (Lipinski definition) is 2. The fourth-order valence-corrected chi connectivity index (χ4v) is 3.64. The lowest BCUT2D eigenvalue weighted by molar-refractivity contribution is 0.795.